The molecule has 4 nitrogen and oxygen atoms in total. The summed E-state index contributed by atoms with van der Waals surface area (Å²) in [4.78, 5) is 22.1. The number of aliphatic imine (C=N–C) groups is 2. The first kappa shape index (κ1) is 20.4. The smallest absolute Gasteiger partial charge is 0.234 e. The molecule has 3 aromatic rings. The molecule has 6 heteroatoms. The Bertz CT molecular complexity index is 1140. The highest BCUT2D eigenvalue weighted by molar-refractivity contribution is 8.14. The van der Waals surface area contributed by atoms with Gasteiger partial charge in [0.15, 0.2) is 0 Å². The summed E-state index contributed by atoms with van der Waals surface area (Å²) in [5.74, 6) is 0.225. The first-order valence-electron chi connectivity index (χ1n) is 9.57. The van der Waals surface area contributed by atoms with Crippen LogP contribution >= 0.6 is 23.4 Å². The molecule has 4 rings (SSSR count). The number of fused-ring (bicyclic) bond motifs is 1. The van der Waals surface area contributed by atoms with E-state index in [1.807, 2.05) is 79.7 Å². The van der Waals surface area contributed by atoms with Gasteiger partial charge in [0.25, 0.3) is 0 Å². The van der Waals surface area contributed by atoms with Crippen molar-refractivity contribution in [2.24, 2.45) is 9.98 Å². The molecule has 0 spiro atoms. The summed E-state index contributed by atoms with van der Waals surface area (Å²) in [5.41, 5.74) is 5.40. The SMILES string of the molecule is Cc1ccccc1NC(=O)CSC1=Nc2ccccc2N=C(c2ccc(Cl)cc2)C1. The van der Waals surface area contributed by atoms with Crippen LogP contribution in [0.15, 0.2) is 82.8 Å². The van der Waals surface area contributed by atoms with Crippen LogP contribution in [0.1, 0.15) is 17.5 Å². The molecule has 0 saturated carbocycles. The third-order valence-electron chi connectivity index (χ3n) is 4.67. The Morgan fingerprint density at radius 2 is 1.63 bits per heavy atom. The summed E-state index contributed by atoms with van der Waals surface area (Å²) in [6.07, 6.45) is 0.554. The van der Waals surface area contributed by atoms with E-state index in [2.05, 4.69) is 5.32 Å². The van der Waals surface area contributed by atoms with E-state index in [4.69, 9.17) is 21.6 Å². The predicted octanol–water partition coefficient (Wildman–Crippen LogP) is 6.57. The highest BCUT2D eigenvalue weighted by Gasteiger charge is 2.17. The molecule has 0 radical (unpaired) electrons. The summed E-state index contributed by atoms with van der Waals surface area (Å²) < 4.78 is 0. The van der Waals surface area contributed by atoms with E-state index in [1.54, 1.807) is 0 Å². The van der Waals surface area contributed by atoms with Crippen molar-refractivity contribution in [2.75, 3.05) is 11.1 Å². The second-order valence-electron chi connectivity index (χ2n) is 6.89. The zero-order chi connectivity index (χ0) is 20.9. The van der Waals surface area contributed by atoms with Crippen molar-refractivity contribution >= 4 is 57.1 Å². The number of carbonyl (C=O) groups excluding carboxylic acids is 1. The number of nitrogens with one attached hydrogen (secondary N) is 1. The average Bonchev–Trinajstić information content (AvgIpc) is 2.94. The molecule has 1 N–H and O–H groups in total. The number of carbonyl (C=O) groups is 1. The molecule has 0 fully saturated rings. The number of para-hydroxylation sites is 3. The van der Waals surface area contributed by atoms with Crippen molar-refractivity contribution in [2.45, 2.75) is 13.3 Å². The highest BCUT2D eigenvalue weighted by Crippen LogP contribution is 2.33. The number of hydrogen-bond acceptors (Lipinski definition) is 4. The van der Waals surface area contributed by atoms with Gasteiger partial charge in [0, 0.05) is 17.1 Å². The monoisotopic (exact) mass is 433 g/mol. The first-order chi connectivity index (χ1) is 14.6. The maximum Gasteiger partial charge on any atom is 0.234 e. The third-order valence-corrected chi connectivity index (χ3v) is 5.89. The van der Waals surface area contributed by atoms with Crippen LogP contribution in [0.25, 0.3) is 0 Å². The zero-order valence-corrected chi connectivity index (χ0v) is 18.0. The molecule has 1 amide bonds. The molecule has 0 unspecified atom stereocenters. The molecule has 30 heavy (non-hydrogen) atoms. The van der Waals surface area contributed by atoms with Gasteiger partial charge < -0.3 is 5.32 Å². The molecule has 0 atom stereocenters. The maximum atomic E-state index is 12.5. The molecule has 0 aliphatic carbocycles. The summed E-state index contributed by atoms with van der Waals surface area (Å²) in [6, 6.07) is 23.2. The predicted molar refractivity (Wildman–Crippen MR) is 128 cm³/mol. The third kappa shape index (κ3) is 4.99. The van der Waals surface area contributed by atoms with Crippen LogP contribution in [0, 0.1) is 6.92 Å². The van der Waals surface area contributed by atoms with E-state index in [0.29, 0.717) is 11.4 Å². The lowest BCUT2D eigenvalue weighted by atomic mass is 10.1. The van der Waals surface area contributed by atoms with Gasteiger partial charge in [0.05, 0.1) is 27.9 Å². The minimum absolute atomic E-state index is 0.0560. The normalized spacial score (nSPS) is 13.0. The Balaban J connectivity index is 1.53. The van der Waals surface area contributed by atoms with Gasteiger partial charge in [-0.05, 0) is 48.4 Å². The Morgan fingerprint density at radius 3 is 2.37 bits per heavy atom. The van der Waals surface area contributed by atoms with Gasteiger partial charge in [-0.15, -0.1) is 11.8 Å². The average molecular weight is 434 g/mol. The van der Waals surface area contributed by atoms with Gasteiger partial charge in [-0.2, -0.15) is 0 Å². The van der Waals surface area contributed by atoms with E-state index >= 15 is 0 Å². The number of amides is 1. The molecular weight excluding hydrogens is 414 g/mol. The molecular formula is C24H20ClN3OS. The number of nitrogens with zero attached hydrogens (tertiary/aromatic N) is 2. The number of aryl methyl sites for hydroxylation is 1. The van der Waals surface area contributed by atoms with E-state index in [0.717, 1.165) is 38.9 Å². The second-order valence-corrected chi connectivity index (χ2v) is 8.37. The number of hydrogen-bond donors (Lipinski definition) is 1. The fraction of sp³-hybridized carbons (Fsp3) is 0.125. The van der Waals surface area contributed by atoms with E-state index in [-0.39, 0.29) is 11.7 Å². The number of benzene rings is 3. The fourth-order valence-electron chi connectivity index (χ4n) is 3.10. The largest absolute Gasteiger partial charge is 0.325 e. The Hall–Kier alpha value is -2.89. The van der Waals surface area contributed by atoms with Crippen molar-refractivity contribution in [3.63, 3.8) is 0 Å². The summed E-state index contributed by atoms with van der Waals surface area (Å²) in [6.45, 7) is 1.98. The molecule has 150 valence electrons. The lowest BCUT2D eigenvalue weighted by molar-refractivity contribution is -0.113. The molecule has 0 saturated heterocycles. The van der Waals surface area contributed by atoms with Gasteiger partial charge in [-0.25, -0.2) is 4.99 Å². The Kier molecular flexibility index (Phi) is 6.31. The van der Waals surface area contributed by atoms with E-state index < -0.39 is 0 Å². The van der Waals surface area contributed by atoms with Crippen LogP contribution in [-0.2, 0) is 4.79 Å². The quantitative estimate of drug-likeness (QED) is 0.505. The van der Waals surface area contributed by atoms with Crippen molar-refractivity contribution in [3.05, 3.63) is 88.9 Å². The summed E-state index contributed by atoms with van der Waals surface area (Å²) in [7, 11) is 0. The van der Waals surface area contributed by atoms with Crippen molar-refractivity contribution in [1.29, 1.82) is 0 Å². The van der Waals surface area contributed by atoms with Crippen molar-refractivity contribution in [1.82, 2.24) is 0 Å². The van der Waals surface area contributed by atoms with Crippen molar-refractivity contribution < 1.29 is 4.79 Å². The Labute approximate surface area is 185 Å². The number of thioether (sulfide) groups is 1. The highest BCUT2D eigenvalue weighted by atomic mass is 35.5. The van der Waals surface area contributed by atoms with Crippen molar-refractivity contribution in [3.8, 4) is 0 Å². The lowest BCUT2D eigenvalue weighted by Crippen LogP contribution is -2.16. The van der Waals surface area contributed by atoms with Crippen LogP contribution in [0.2, 0.25) is 5.02 Å². The van der Waals surface area contributed by atoms with Gasteiger partial charge in [-0.1, -0.05) is 54.1 Å². The molecule has 1 aliphatic rings. The van der Waals surface area contributed by atoms with Gasteiger partial charge >= 0.3 is 0 Å². The molecule has 0 bridgehead atoms. The fourth-order valence-corrected chi connectivity index (χ4v) is 3.99. The van der Waals surface area contributed by atoms with Crippen LogP contribution in [0.4, 0.5) is 17.1 Å². The number of anilines is 1. The first-order valence-corrected chi connectivity index (χ1v) is 10.9. The topological polar surface area (TPSA) is 53.8 Å². The summed E-state index contributed by atoms with van der Waals surface area (Å²) >= 11 is 7.48. The molecule has 0 aromatic heterocycles. The van der Waals surface area contributed by atoms with Crippen LogP contribution < -0.4 is 5.32 Å². The molecule has 1 aliphatic heterocycles. The number of halogens is 1. The van der Waals surface area contributed by atoms with Gasteiger partial charge in [-0.3, -0.25) is 9.79 Å². The lowest BCUT2D eigenvalue weighted by Gasteiger charge is -2.09. The molecule has 1 heterocycles. The second kappa shape index (κ2) is 9.28. The minimum atomic E-state index is -0.0560. The maximum absolute atomic E-state index is 12.5. The van der Waals surface area contributed by atoms with Crippen LogP contribution in [0.3, 0.4) is 0 Å². The van der Waals surface area contributed by atoms with Crippen LogP contribution in [-0.4, -0.2) is 22.4 Å². The van der Waals surface area contributed by atoms with E-state index in [1.165, 1.54) is 11.8 Å². The summed E-state index contributed by atoms with van der Waals surface area (Å²) in [5, 5.41) is 4.51. The molecule has 3 aromatic carbocycles. The Morgan fingerprint density at radius 1 is 0.967 bits per heavy atom. The standard InChI is InChI=1S/C24H20ClN3OS/c1-16-6-2-3-7-19(16)27-23(29)15-30-24-14-22(17-10-12-18(25)13-11-17)26-20-8-4-5-9-21(20)28-24/h2-13H,14-15H2,1H3,(H,27,29). The van der Waals surface area contributed by atoms with Gasteiger partial charge in [0.1, 0.15) is 0 Å². The van der Waals surface area contributed by atoms with Gasteiger partial charge in [0.2, 0.25) is 5.91 Å². The van der Waals surface area contributed by atoms with E-state index in [9.17, 15) is 4.79 Å². The van der Waals surface area contributed by atoms with Crippen LogP contribution in [0.5, 0.6) is 0 Å². The zero-order valence-electron chi connectivity index (χ0n) is 16.4. The minimum Gasteiger partial charge on any atom is -0.325 e. The number of rotatable bonds is 4.